The average molecular weight is 213 g/mol. The van der Waals surface area contributed by atoms with Crippen molar-refractivity contribution in [2.45, 2.75) is 12.8 Å². The van der Waals surface area contributed by atoms with Gasteiger partial charge in [-0.3, -0.25) is 0 Å². The molecular formula is C7H13ClO3S. The number of ether oxygens (including phenoxy) is 1. The Labute approximate surface area is 77.8 Å². The van der Waals surface area contributed by atoms with Gasteiger partial charge in [0.25, 0.3) is 0 Å². The third-order valence-corrected chi connectivity index (χ3v) is 2.15. The highest BCUT2D eigenvalue weighted by Crippen LogP contribution is 1.98. The van der Waals surface area contributed by atoms with Crippen molar-refractivity contribution in [2.24, 2.45) is 0 Å². The minimum absolute atomic E-state index is 0.0957. The first-order valence-electron chi connectivity index (χ1n) is 3.62. The Morgan fingerprint density at radius 3 is 2.58 bits per heavy atom. The second kappa shape index (κ2) is 6.46. The Balaban J connectivity index is 3.39. The molecule has 0 fully saturated rings. The van der Waals surface area contributed by atoms with E-state index in [1.807, 2.05) is 0 Å². The van der Waals surface area contributed by atoms with Crippen LogP contribution in [0.5, 0.6) is 0 Å². The fourth-order valence-corrected chi connectivity index (χ4v) is 1.23. The minimum Gasteiger partial charge on any atom is -0.385 e. The van der Waals surface area contributed by atoms with Crippen molar-refractivity contribution in [2.75, 3.05) is 19.5 Å². The summed E-state index contributed by atoms with van der Waals surface area (Å²) in [5, 5.41) is 0. The molecule has 0 radical (unpaired) electrons. The van der Waals surface area contributed by atoms with Gasteiger partial charge < -0.3 is 4.74 Å². The van der Waals surface area contributed by atoms with E-state index >= 15 is 0 Å². The maximum Gasteiger partial charge on any atom is 0.236 e. The molecule has 3 nitrogen and oxygen atoms in total. The molecule has 0 saturated carbocycles. The van der Waals surface area contributed by atoms with Crippen molar-refractivity contribution in [3.05, 3.63) is 12.2 Å². The van der Waals surface area contributed by atoms with E-state index in [1.54, 1.807) is 19.3 Å². The van der Waals surface area contributed by atoms with Crippen LogP contribution in [0.25, 0.3) is 0 Å². The van der Waals surface area contributed by atoms with Crippen LogP contribution in [0, 0.1) is 0 Å². The second-order valence-electron chi connectivity index (χ2n) is 2.31. The van der Waals surface area contributed by atoms with Crippen molar-refractivity contribution in [1.29, 1.82) is 0 Å². The quantitative estimate of drug-likeness (QED) is 0.381. The van der Waals surface area contributed by atoms with E-state index in [0.29, 0.717) is 6.61 Å². The van der Waals surface area contributed by atoms with Crippen molar-refractivity contribution < 1.29 is 13.2 Å². The smallest absolute Gasteiger partial charge is 0.236 e. The highest BCUT2D eigenvalue weighted by Gasteiger charge is 1.98. The lowest BCUT2D eigenvalue weighted by Crippen LogP contribution is -1.92. The van der Waals surface area contributed by atoms with Crippen LogP contribution in [-0.2, 0) is 13.8 Å². The predicted octanol–water partition coefficient (Wildman–Crippen LogP) is 1.54. The van der Waals surface area contributed by atoms with Crippen LogP contribution in [0.15, 0.2) is 12.2 Å². The van der Waals surface area contributed by atoms with E-state index in [2.05, 4.69) is 0 Å². The Hall–Kier alpha value is -0.0600. The third-order valence-electron chi connectivity index (χ3n) is 1.18. The van der Waals surface area contributed by atoms with E-state index in [9.17, 15) is 8.42 Å². The molecule has 0 saturated heterocycles. The van der Waals surface area contributed by atoms with E-state index in [-0.39, 0.29) is 5.75 Å². The second-order valence-corrected chi connectivity index (χ2v) is 5.13. The van der Waals surface area contributed by atoms with Crippen molar-refractivity contribution in [1.82, 2.24) is 0 Å². The van der Waals surface area contributed by atoms with Crippen LogP contribution in [0.1, 0.15) is 12.8 Å². The minimum atomic E-state index is -3.36. The van der Waals surface area contributed by atoms with Gasteiger partial charge in [-0.2, -0.15) is 0 Å². The van der Waals surface area contributed by atoms with E-state index in [1.165, 1.54) is 0 Å². The van der Waals surface area contributed by atoms with Gasteiger partial charge >= 0.3 is 0 Å². The zero-order valence-electron chi connectivity index (χ0n) is 6.99. The Morgan fingerprint density at radius 1 is 1.42 bits per heavy atom. The van der Waals surface area contributed by atoms with Crippen LogP contribution >= 0.6 is 10.7 Å². The van der Waals surface area contributed by atoms with Gasteiger partial charge in [-0.05, 0) is 12.8 Å². The van der Waals surface area contributed by atoms with Crippen molar-refractivity contribution >= 4 is 19.7 Å². The average Bonchev–Trinajstić information content (AvgIpc) is 1.94. The van der Waals surface area contributed by atoms with Gasteiger partial charge in [0.15, 0.2) is 0 Å². The lowest BCUT2D eigenvalue weighted by molar-refractivity contribution is 0.196. The largest absolute Gasteiger partial charge is 0.385 e. The molecule has 0 amide bonds. The first-order chi connectivity index (χ1) is 5.56. The SMILES string of the molecule is COCCC/C=C\CS(=O)(=O)Cl. The molecule has 0 aliphatic heterocycles. The summed E-state index contributed by atoms with van der Waals surface area (Å²) in [6, 6.07) is 0. The maximum atomic E-state index is 10.4. The topological polar surface area (TPSA) is 43.4 Å². The summed E-state index contributed by atoms with van der Waals surface area (Å²) in [4.78, 5) is 0. The molecular weight excluding hydrogens is 200 g/mol. The fourth-order valence-electron chi connectivity index (χ4n) is 0.646. The lowest BCUT2D eigenvalue weighted by Gasteiger charge is -1.92. The Kier molecular flexibility index (Phi) is 6.42. The van der Waals surface area contributed by atoms with Gasteiger partial charge in [-0.1, -0.05) is 12.2 Å². The fraction of sp³-hybridized carbons (Fsp3) is 0.714. The van der Waals surface area contributed by atoms with Crippen LogP contribution in [-0.4, -0.2) is 27.9 Å². The van der Waals surface area contributed by atoms with Gasteiger partial charge in [-0.15, -0.1) is 0 Å². The number of halogens is 1. The highest BCUT2D eigenvalue weighted by molar-refractivity contribution is 8.13. The van der Waals surface area contributed by atoms with E-state index in [4.69, 9.17) is 15.4 Å². The van der Waals surface area contributed by atoms with Crippen molar-refractivity contribution in [3.8, 4) is 0 Å². The zero-order valence-corrected chi connectivity index (χ0v) is 8.57. The van der Waals surface area contributed by atoms with E-state index in [0.717, 1.165) is 12.8 Å². The summed E-state index contributed by atoms with van der Waals surface area (Å²) in [6.07, 6.45) is 5.06. The number of hydrogen-bond donors (Lipinski definition) is 0. The van der Waals surface area contributed by atoms with Crippen molar-refractivity contribution in [3.63, 3.8) is 0 Å². The molecule has 0 aromatic rings. The molecule has 0 aliphatic rings. The highest BCUT2D eigenvalue weighted by atomic mass is 35.7. The molecule has 0 N–H and O–H groups in total. The summed E-state index contributed by atoms with van der Waals surface area (Å²) in [5.41, 5.74) is 0. The van der Waals surface area contributed by atoms with Gasteiger partial charge in [-0.25, -0.2) is 8.42 Å². The normalized spacial score (nSPS) is 12.5. The number of unbranched alkanes of at least 4 members (excludes halogenated alkanes) is 1. The molecule has 0 aromatic carbocycles. The number of hydrogen-bond acceptors (Lipinski definition) is 3. The monoisotopic (exact) mass is 212 g/mol. The van der Waals surface area contributed by atoms with E-state index < -0.39 is 9.05 Å². The molecule has 72 valence electrons. The van der Waals surface area contributed by atoms with Crippen LogP contribution in [0.4, 0.5) is 0 Å². The molecule has 0 aromatic heterocycles. The molecule has 5 heteroatoms. The van der Waals surface area contributed by atoms with Crippen LogP contribution in [0.3, 0.4) is 0 Å². The molecule has 12 heavy (non-hydrogen) atoms. The molecule has 0 unspecified atom stereocenters. The standard InChI is InChI=1S/C7H13ClO3S/c1-11-6-4-2-3-5-7-12(8,9)10/h3,5H,2,4,6-7H2,1H3/b5-3-. The van der Waals surface area contributed by atoms with Gasteiger partial charge in [0.05, 0.1) is 5.75 Å². The molecule has 0 atom stereocenters. The number of methoxy groups -OCH3 is 1. The summed E-state index contributed by atoms with van der Waals surface area (Å²) < 4.78 is 25.6. The summed E-state index contributed by atoms with van der Waals surface area (Å²) in [5.74, 6) is -0.0957. The first-order valence-corrected chi connectivity index (χ1v) is 6.10. The lowest BCUT2D eigenvalue weighted by atomic mass is 10.3. The number of rotatable bonds is 6. The Bertz CT molecular complexity index is 221. The summed E-state index contributed by atoms with van der Waals surface area (Å²) >= 11 is 0. The van der Waals surface area contributed by atoms with Gasteiger partial charge in [0, 0.05) is 24.4 Å². The predicted molar refractivity (Wildman–Crippen MR) is 49.9 cm³/mol. The zero-order chi connectivity index (χ0) is 9.45. The summed E-state index contributed by atoms with van der Waals surface area (Å²) in [7, 11) is 3.24. The molecule has 0 heterocycles. The van der Waals surface area contributed by atoms with Crippen LogP contribution < -0.4 is 0 Å². The molecule has 0 bridgehead atoms. The van der Waals surface area contributed by atoms with Gasteiger partial charge in [0.1, 0.15) is 0 Å². The molecule has 0 aliphatic carbocycles. The van der Waals surface area contributed by atoms with Crippen LogP contribution in [0.2, 0.25) is 0 Å². The summed E-state index contributed by atoms with van der Waals surface area (Å²) in [6.45, 7) is 0.692. The molecule has 0 spiro atoms. The first kappa shape index (κ1) is 11.9. The number of allylic oxidation sites excluding steroid dienone is 1. The molecule has 0 rings (SSSR count). The third kappa shape index (κ3) is 9.94. The Morgan fingerprint density at radius 2 is 2.08 bits per heavy atom. The maximum absolute atomic E-state index is 10.4. The van der Waals surface area contributed by atoms with Gasteiger partial charge in [0.2, 0.25) is 9.05 Å².